The number of benzene rings is 2. The summed E-state index contributed by atoms with van der Waals surface area (Å²) in [5.74, 6) is 1.87. The molecule has 1 aliphatic heterocycles. The number of ether oxygens (including phenoxy) is 2. The first kappa shape index (κ1) is 20.0. The lowest BCUT2D eigenvalue weighted by Gasteiger charge is -2.28. The van der Waals surface area contributed by atoms with Gasteiger partial charge in [-0.15, -0.1) is 0 Å². The van der Waals surface area contributed by atoms with Gasteiger partial charge in [-0.25, -0.2) is 4.79 Å². The standard InChI is InChI=1S/C24H27N3O3/c1-13-7-14(2)23(15(3)8-13)25-22-12-19-18-11-21(30-6)20(29-5)10-17(18)9-16(4)27(19)24(28)26-22/h7-8,10-12,16H,9H2,1-6H3,(H,25,26,28)/t16-/m1/s1. The summed E-state index contributed by atoms with van der Waals surface area (Å²) >= 11 is 0. The molecule has 1 aliphatic rings. The topological polar surface area (TPSA) is 65.4 Å². The molecule has 0 bridgehead atoms. The number of hydrogen-bond donors (Lipinski definition) is 1. The van der Waals surface area contributed by atoms with Crippen molar-refractivity contribution < 1.29 is 9.47 Å². The Hall–Kier alpha value is -3.28. The summed E-state index contributed by atoms with van der Waals surface area (Å²) in [4.78, 5) is 17.3. The molecule has 0 amide bonds. The number of aryl methyl sites for hydroxylation is 3. The molecular weight excluding hydrogens is 378 g/mol. The minimum Gasteiger partial charge on any atom is -0.493 e. The Morgan fingerprint density at radius 3 is 2.27 bits per heavy atom. The first-order valence-corrected chi connectivity index (χ1v) is 10.1. The van der Waals surface area contributed by atoms with E-state index in [0.29, 0.717) is 17.3 Å². The minimum absolute atomic E-state index is 0.00231. The van der Waals surface area contributed by atoms with Crippen LogP contribution in [0.15, 0.2) is 35.1 Å². The normalized spacial score (nSPS) is 14.7. The number of nitrogens with one attached hydrogen (secondary N) is 1. The first-order valence-electron chi connectivity index (χ1n) is 10.1. The molecule has 1 N–H and O–H groups in total. The first-order chi connectivity index (χ1) is 14.3. The number of methoxy groups -OCH3 is 2. The molecule has 0 spiro atoms. The molecule has 1 aromatic heterocycles. The van der Waals surface area contributed by atoms with Crippen molar-refractivity contribution in [1.29, 1.82) is 0 Å². The van der Waals surface area contributed by atoms with E-state index < -0.39 is 0 Å². The van der Waals surface area contributed by atoms with Gasteiger partial charge >= 0.3 is 5.69 Å². The summed E-state index contributed by atoms with van der Waals surface area (Å²) in [5.41, 5.74) is 7.08. The fourth-order valence-electron chi connectivity index (χ4n) is 4.43. The van der Waals surface area contributed by atoms with E-state index in [-0.39, 0.29) is 11.7 Å². The Morgan fingerprint density at radius 1 is 1.00 bits per heavy atom. The number of aromatic nitrogens is 2. The summed E-state index contributed by atoms with van der Waals surface area (Å²) < 4.78 is 12.7. The highest BCUT2D eigenvalue weighted by molar-refractivity contribution is 5.74. The Morgan fingerprint density at radius 2 is 1.63 bits per heavy atom. The van der Waals surface area contributed by atoms with Crippen LogP contribution < -0.4 is 20.5 Å². The zero-order valence-corrected chi connectivity index (χ0v) is 18.3. The van der Waals surface area contributed by atoms with Crippen molar-refractivity contribution in [2.75, 3.05) is 19.5 Å². The van der Waals surface area contributed by atoms with Crippen LogP contribution in [0.25, 0.3) is 11.3 Å². The molecule has 3 aromatic rings. The van der Waals surface area contributed by atoms with E-state index in [1.165, 1.54) is 5.56 Å². The maximum absolute atomic E-state index is 13.0. The summed E-state index contributed by atoms with van der Waals surface area (Å²) in [5, 5.41) is 3.38. The smallest absolute Gasteiger partial charge is 0.350 e. The lowest BCUT2D eigenvalue weighted by Crippen LogP contribution is -2.31. The van der Waals surface area contributed by atoms with Crippen LogP contribution in [-0.4, -0.2) is 23.8 Å². The van der Waals surface area contributed by atoms with Crippen LogP contribution >= 0.6 is 0 Å². The molecule has 0 aliphatic carbocycles. The molecule has 2 aromatic carbocycles. The highest BCUT2D eigenvalue weighted by atomic mass is 16.5. The van der Waals surface area contributed by atoms with Gasteiger partial charge in [-0.2, -0.15) is 4.98 Å². The van der Waals surface area contributed by atoms with Crippen LogP contribution in [0.4, 0.5) is 11.5 Å². The molecule has 0 radical (unpaired) electrons. The van der Waals surface area contributed by atoms with E-state index >= 15 is 0 Å². The number of hydrogen-bond acceptors (Lipinski definition) is 5. The van der Waals surface area contributed by atoms with Crippen molar-refractivity contribution in [3.63, 3.8) is 0 Å². The van der Waals surface area contributed by atoms with E-state index in [1.807, 2.05) is 25.1 Å². The molecule has 4 rings (SSSR count). The maximum atomic E-state index is 13.0. The third-order valence-corrected chi connectivity index (χ3v) is 5.73. The second kappa shape index (κ2) is 7.52. The molecule has 2 heterocycles. The predicted octanol–water partition coefficient (Wildman–Crippen LogP) is 4.71. The van der Waals surface area contributed by atoms with Gasteiger partial charge < -0.3 is 14.8 Å². The third kappa shape index (κ3) is 3.32. The molecule has 156 valence electrons. The Kier molecular flexibility index (Phi) is 5.02. The van der Waals surface area contributed by atoms with Gasteiger partial charge in [0.25, 0.3) is 0 Å². The largest absolute Gasteiger partial charge is 0.493 e. The van der Waals surface area contributed by atoms with Gasteiger partial charge in [0.2, 0.25) is 0 Å². The summed E-state index contributed by atoms with van der Waals surface area (Å²) in [7, 11) is 3.25. The quantitative estimate of drug-likeness (QED) is 0.681. The van der Waals surface area contributed by atoms with Crippen LogP contribution in [-0.2, 0) is 6.42 Å². The van der Waals surface area contributed by atoms with Crippen molar-refractivity contribution in [2.45, 2.75) is 40.2 Å². The summed E-state index contributed by atoms with van der Waals surface area (Å²) in [6.45, 7) is 8.23. The lowest BCUT2D eigenvalue weighted by atomic mass is 9.93. The third-order valence-electron chi connectivity index (χ3n) is 5.73. The van der Waals surface area contributed by atoms with Crippen LogP contribution in [0.3, 0.4) is 0 Å². The Bertz CT molecular complexity index is 1170. The van der Waals surface area contributed by atoms with Gasteiger partial charge in [-0.05, 0) is 62.9 Å². The van der Waals surface area contributed by atoms with Crippen LogP contribution in [0.2, 0.25) is 0 Å². The van der Waals surface area contributed by atoms with E-state index in [2.05, 4.69) is 43.2 Å². The van der Waals surface area contributed by atoms with Crippen molar-refractivity contribution in [3.05, 3.63) is 63.1 Å². The van der Waals surface area contributed by atoms with Gasteiger partial charge in [0.1, 0.15) is 5.82 Å². The fraction of sp³-hybridized carbons (Fsp3) is 0.333. The van der Waals surface area contributed by atoms with Crippen molar-refractivity contribution in [2.24, 2.45) is 0 Å². The fourth-order valence-corrected chi connectivity index (χ4v) is 4.43. The predicted molar refractivity (Wildman–Crippen MR) is 119 cm³/mol. The SMILES string of the molecule is COc1cc2c(cc1OC)-c1cc(Nc3c(C)cc(C)cc3C)nc(=O)n1[C@H](C)C2. The second-order valence-corrected chi connectivity index (χ2v) is 8.00. The molecule has 6 nitrogen and oxygen atoms in total. The van der Waals surface area contributed by atoms with Crippen molar-refractivity contribution >= 4 is 11.5 Å². The molecule has 0 saturated carbocycles. The molecule has 6 heteroatoms. The van der Waals surface area contributed by atoms with Crippen LogP contribution in [0, 0.1) is 20.8 Å². The number of fused-ring (bicyclic) bond motifs is 3. The van der Waals surface area contributed by atoms with Gasteiger partial charge in [0, 0.05) is 23.4 Å². The van der Waals surface area contributed by atoms with Gasteiger partial charge in [0.15, 0.2) is 11.5 Å². The van der Waals surface area contributed by atoms with Crippen molar-refractivity contribution in [3.8, 4) is 22.8 Å². The highest BCUT2D eigenvalue weighted by Gasteiger charge is 2.26. The van der Waals surface area contributed by atoms with E-state index in [1.54, 1.807) is 18.8 Å². The van der Waals surface area contributed by atoms with E-state index in [4.69, 9.17) is 9.47 Å². The summed E-state index contributed by atoms with van der Waals surface area (Å²) in [6.07, 6.45) is 0.729. The maximum Gasteiger partial charge on any atom is 0.350 e. The second-order valence-electron chi connectivity index (χ2n) is 8.00. The Balaban J connectivity index is 1.87. The molecule has 0 saturated heterocycles. The van der Waals surface area contributed by atoms with Crippen molar-refractivity contribution in [1.82, 2.24) is 9.55 Å². The molecule has 1 atom stereocenters. The molecule has 30 heavy (non-hydrogen) atoms. The van der Waals surface area contributed by atoms with E-state index in [9.17, 15) is 4.79 Å². The number of rotatable bonds is 4. The number of nitrogens with zero attached hydrogens (tertiary/aromatic N) is 2. The Labute approximate surface area is 176 Å². The van der Waals surface area contributed by atoms with Crippen LogP contribution in [0.5, 0.6) is 11.5 Å². The summed E-state index contributed by atoms with van der Waals surface area (Å²) in [6, 6.07) is 10.1. The average Bonchev–Trinajstić information content (AvgIpc) is 2.69. The highest BCUT2D eigenvalue weighted by Crippen LogP contribution is 2.41. The molecule has 0 fully saturated rings. The lowest BCUT2D eigenvalue weighted by molar-refractivity contribution is 0.354. The molecular formula is C24H27N3O3. The zero-order valence-electron chi connectivity index (χ0n) is 18.3. The van der Waals surface area contributed by atoms with Crippen LogP contribution in [0.1, 0.15) is 35.2 Å². The van der Waals surface area contributed by atoms with Gasteiger partial charge in [0.05, 0.1) is 19.9 Å². The van der Waals surface area contributed by atoms with Gasteiger partial charge in [-0.1, -0.05) is 17.7 Å². The molecule has 0 unspecified atom stereocenters. The number of anilines is 2. The zero-order chi connectivity index (χ0) is 21.6. The minimum atomic E-state index is -0.259. The van der Waals surface area contributed by atoms with E-state index in [0.717, 1.165) is 40.1 Å². The average molecular weight is 405 g/mol. The monoisotopic (exact) mass is 405 g/mol. The van der Waals surface area contributed by atoms with Gasteiger partial charge in [-0.3, -0.25) is 4.57 Å².